The summed E-state index contributed by atoms with van der Waals surface area (Å²) in [6.45, 7) is 0.695. The van der Waals surface area contributed by atoms with Crippen LogP contribution in [0.25, 0.3) is 0 Å². The maximum Gasteiger partial charge on any atom is 0.145 e. The Balaban J connectivity index is 1.74. The summed E-state index contributed by atoms with van der Waals surface area (Å²) >= 11 is 0. The molecule has 0 aromatic heterocycles. The predicted octanol–water partition coefficient (Wildman–Crippen LogP) is 2.80. The van der Waals surface area contributed by atoms with E-state index in [0.29, 0.717) is 13.0 Å². The molecule has 2 rings (SSSR count). The molecule has 0 spiro atoms. The Bertz CT molecular complexity index is 394. The Labute approximate surface area is 95.7 Å². The Hall–Kier alpha value is -1.83. The van der Waals surface area contributed by atoms with E-state index in [1.807, 2.05) is 54.6 Å². The molecular weight excluding hydrogens is 198 g/mol. The van der Waals surface area contributed by atoms with E-state index in [1.54, 1.807) is 0 Å². The minimum absolute atomic E-state index is 0.00225. The van der Waals surface area contributed by atoms with E-state index >= 15 is 0 Å². The molecule has 1 aromatic rings. The van der Waals surface area contributed by atoms with Crippen LogP contribution in [0.2, 0.25) is 0 Å². The van der Waals surface area contributed by atoms with Gasteiger partial charge in [0.2, 0.25) is 0 Å². The third-order valence-corrected chi connectivity index (χ3v) is 2.59. The van der Waals surface area contributed by atoms with Gasteiger partial charge in [0.05, 0.1) is 5.92 Å². The van der Waals surface area contributed by atoms with E-state index in [4.69, 9.17) is 0 Å². The van der Waals surface area contributed by atoms with Gasteiger partial charge in [0.1, 0.15) is 5.78 Å². The van der Waals surface area contributed by atoms with E-state index in [-0.39, 0.29) is 11.7 Å². The van der Waals surface area contributed by atoms with Crippen molar-refractivity contribution in [2.45, 2.75) is 6.42 Å². The van der Waals surface area contributed by atoms with Crippen molar-refractivity contribution in [1.29, 1.82) is 0 Å². The van der Waals surface area contributed by atoms with Crippen LogP contribution in [-0.2, 0) is 4.79 Å². The van der Waals surface area contributed by atoms with Crippen LogP contribution in [0.15, 0.2) is 54.6 Å². The van der Waals surface area contributed by atoms with Gasteiger partial charge >= 0.3 is 0 Å². The summed E-state index contributed by atoms with van der Waals surface area (Å²) in [7, 11) is 0. The van der Waals surface area contributed by atoms with Gasteiger partial charge < -0.3 is 5.32 Å². The van der Waals surface area contributed by atoms with Gasteiger partial charge in [-0.25, -0.2) is 0 Å². The van der Waals surface area contributed by atoms with Gasteiger partial charge in [0.15, 0.2) is 0 Å². The van der Waals surface area contributed by atoms with E-state index in [2.05, 4.69) is 5.32 Å². The van der Waals surface area contributed by atoms with Crippen LogP contribution in [0.3, 0.4) is 0 Å². The van der Waals surface area contributed by atoms with E-state index in [0.717, 1.165) is 5.69 Å². The number of nitrogens with one attached hydrogen (secondary N) is 1. The molecule has 0 radical (unpaired) electrons. The zero-order valence-corrected chi connectivity index (χ0v) is 9.10. The van der Waals surface area contributed by atoms with Gasteiger partial charge in [-0.2, -0.15) is 0 Å². The van der Waals surface area contributed by atoms with Crippen molar-refractivity contribution in [3.8, 4) is 0 Å². The SMILES string of the molecule is O=C(CCNc1ccccc1)C1C=CC=C1. The van der Waals surface area contributed by atoms with Crippen molar-refractivity contribution in [3.05, 3.63) is 54.6 Å². The first-order chi connectivity index (χ1) is 7.86. The molecule has 1 aliphatic carbocycles. The molecule has 0 aliphatic heterocycles. The number of carbonyl (C=O) groups excluding carboxylic acids is 1. The Kier molecular flexibility index (Phi) is 3.54. The fraction of sp³-hybridized carbons (Fsp3) is 0.214. The smallest absolute Gasteiger partial charge is 0.145 e. The van der Waals surface area contributed by atoms with Crippen LogP contribution >= 0.6 is 0 Å². The van der Waals surface area contributed by atoms with E-state index in [1.165, 1.54) is 0 Å². The minimum Gasteiger partial charge on any atom is -0.385 e. The molecule has 1 aliphatic rings. The van der Waals surface area contributed by atoms with Gasteiger partial charge in [0.25, 0.3) is 0 Å². The predicted molar refractivity (Wildman–Crippen MR) is 66.3 cm³/mol. The lowest BCUT2D eigenvalue weighted by Crippen LogP contribution is -2.13. The number of carbonyl (C=O) groups is 1. The number of benzene rings is 1. The molecule has 82 valence electrons. The second kappa shape index (κ2) is 5.31. The summed E-state index contributed by atoms with van der Waals surface area (Å²) in [6, 6.07) is 9.93. The Morgan fingerprint density at radius 3 is 2.50 bits per heavy atom. The molecule has 0 amide bonds. The maximum absolute atomic E-state index is 11.7. The number of hydrogen-bond acceptors (Lipinski definition) is 2. The van der Waals surface area contributed by atoms with Gasteiger partial charge in [-0.1, -0.05) is 42.5 Å². The quantitative estimate of drug-likeness (QED) is 0.814. The maximum atomic E-state index is 11.7. The first-order valence-electron chi connectivity index (χ1n) is 5.53. The molecular formula is C14H15NO. The lowest BCUT2D eigenvalue weighted by atomic mass is 10.0. The van der Waals surface area contributed by atoms with Crippen molar-refractivity contribution in [1.82, 2.24) is 0 Å². The lowest BCUT2D eigenvalue weighted by Gasteiger charge is -2.07. The summed E-state index contributed by atoms with van der Waals surface area (Å²) in [5.41, 5.74) is 1.06. The molecule has 0 fully saturated rings. The molecule has 0 heterocycles. The Morgan fingerprint density at radius 2 is 1.81 bits per heavy atom. The summed E-state index contributed by atoms with van der Waals surface area (Å²) in [5, 5.41) is 3.23. The Morgan fingerprint density at radius 1 is 1.12 bits per heavy atom. The summed E-state index contributed by atoms with van der Waals surface area (Å²) in [6.07, 6.45) is 8.28. The third-order valence-electron chi connectivity index (χ3n) is 2.59. The van der Waals surface area contributed by atoms with Crippen molar-refractivity contribution >= 4 is 11.5 Å². The highest BCUT2D eigenvalue weighted by atomic mass is 16.1. The van der Waals surface area contributed by atoms with Crippen LogP contribution in [0.4, 0.5) is 5.69 Å². The van der Waals surface area contributed by atoms with Crippen LogP contribution < -0.4 is 5.32 Å². The number of anilines is 1. The fourth-order valence-corrected chi connectivity index (χ4v) is 1.70. The van der Waals surface area contributed by atoms with Crippen LogP contribution in [0, 0.1) is 5.92 Å². The summed E-state index contributed by atoms with van der Waals surface area (Å²) < 4.78 is 0. The third kappa shape index (κ3) is 2.83. The number of allylic oxidation sites excluding steroid dienone is 4. The van der Waals surface area contributed by atoms with Crippen LogP contribution in [-0.4, -0.2) is 12.3 Å². The second-order valence-corrected chi connectivity index (χ2v) is 3.80. The zero-order valence-electron chi connectivity index (χ0n) is 9.10. The molecule has 0 saturated carbocycles. The molecule has 0 atom stereocenters. The highest BCUT2D eigenvalue weighted by Gasteiger charge is 2.13. The lowest BCUT2D eigenvalue weighted by molar-refractivity contribution is -0.120. The van der Waals surface area contributed by atoms with Crippen molar-refractivity contribution in [2.75, 3.05) is 11.9 Å². The molecule has 2 nitrogen and oxygen atoms in total. The van der Waals surface area contributed by atoms with Gasteiger partial charge in [-0.15, -0.1) is 0 Å². The van der Waals surface area contributed by atoms with Crippen molar-refractivity contribution in [2.24, 2.45) is 5.92 Å². The minimum atomic E-state index is -0.00225. The normalized spacial score (nSPS) is 14.2. The molecule has 1 aromatic carbocycles. The van der Waals surface area contributed by atoms with E-state index < -0.39 is 0 Å². The van der Waals surface area contributed by atoms with Crippen molar-refractivity contribution in [3.63, 3.8) is 0 Å². The molecule has 16 heavy (non-hydrogen) atoms. The average Bonchev–Trinajstić information content (AvgIpc) is 2.84. The highest BCUT2D eigenvalue weighted by Crippen LogP contribution is 2.12. The molecule has 1 N–H and O–H groups in total. The standard InChI is InChI=1S/C14H15NO/c16-14(12-6-4-5-7-12)10-11-15-13-8-2-1-3-9-13/h1-9,12,15H,10-11H2. The average molecular weight is 213 g/mol. The number of ketones is 1. The zero-order chi connectivity index (χ0) is 11.2. The molecule has 2 heteroatoms. The van der Waals surface area contributed by atoms with E-state index in [9.17, 15) is 4.79 Å². The van der Waals surface area contributed by atoms with Crippen LogP contribution in [0.5, 0.6) is 0 Å². The first-order valence-corrected chi connectivity index (χ1v) is 5.53. The van der Waals surface area contributed by atoms with Gasteiger partial charge in [-0.05, 0) is 12.1 Å². The largest absolute Gasteiger partial charge is 0.385 e. The van der Waals surface area contributed by atoms with Gasteiger partial charge in [-0.3, -0.25) is 4.79 Å². The highest BCUT2D eigenvalue weighted by molar-refractivity contribution is 5.85. The number of para-hydroxylation sites is 1. The van der Waals surface area contributed by atoms with Crippen molar-refractivity contribution < 1.29 is 4.79 Å². The molecule has 0 saturated heterocycles. The second-order valence-electron chi connectivity index (χ2n) is 3.80. The molecule has 0 bridgehead atoms. The summed E-state index contributed by atoms with van der Waals surface area (Å²) in [4.78, 5) is 11.7. The first kappa shape index (κ1) is 10.7. The fourth-order valence-electron chi connectivity index (χ4n) is 1.70. The number of Topliss-reactive ketones (excluding diaryl/α,β-unsaturated/α-hetero) is 1. The topological polar surface area (TPSA) is 29.1 Å². The monoisotopic (exact) mass is 213 g/mol. The number of hydrogen-bond donors (Lipinski definition) is 1. The molecule has 0 unspecified atom stereocenters. The summed E-state index contributed by atoms with van der Waals surface area (Å²) in [5.74, 6) is 0.269. The van der Waals surface area contributed by atoms with Crippen LogP contribution in [0.1, 0.15) is 6.42 Å². The number of rotatable bonds is 5. The van der Waals surface area contributed by atoms with Gasteiger partial charge in [0, 0.05) is 18.7 Å².